The van der Waals surface area contributed by atoms with Crippen molar-refractivity contribution in [3.8, 4) is 0 Å². The molecule has 24 heavy (non-hydrogen) atoms. The Balaban J connectivity index is 1.72. The second-order valence-electron chi connectivity index (χ2n) is 5.71. The molecular formula is C19H21ClFNOS. The van der Waals surface area contributed by atoms with Crippen LogP contribution in [0.2, 0.25) is 5.02 Å². The maximum absolute atomic E-state index is 13.6. The van der Waals surface area contributed by atoms with Crippen molar-refractivity contribution in [3.05, 3.63) is 69.5 Å². The fraction of sp³-hybridized carbons (Fsp3) is 0.316. The maximum Gasteiger partial charge on any atom is 0.224 e. The molecule has 2 aromatic carbocycles. The molecule has 0 spiro atoms. The van der Waals surface area contributed by atoms with Crippen LogP contribution in [0.1, 0.15) is 22.3 Å². The zero-order valence-corrected chi connectivity index (χ0v) is 15.4. The summed E-state index contributed by atoms with van der Waals surface area (Å²) in [5.41, 5.74) is 3.85. The van der Waals surface area contributed by atoms with Crippen molar-refractivity contribution in [2.45, 2.75) is 26.0 Å². The lowest BCUT2D eigenvalue weighted by atomic mass is 10.0. The van der Waals surface area contributed by atoms with Gasteiger partial charge in [-0.1, -0.05) is 41.4 Å². The number of carbonyl (C=O) groups excluding carboxylic acids is 1. The number of aryl methyl sites for hydroxylation is 2. The van der Waals surface area contributed by atoms with Crippen LogP contribution >= 0.6 is 23.4 Å². The van der Waals surface area contributed by atoms with Gasteiger partial charge in [0.15, 0.2) is 0 Å². The van der Waals surface area contributed by atoms with Crippen LogP contribution in [0.15, 0.2) is 36.4 Å². The van der Waals surface area contributed by atoms with Crippen molar-refractivity contribution in [2.24, 2.45) is 0 Å². The summed E-state index contributed by atoms with van der Waals surface area (Å²) in [7, 11) is 0. The summed E-state index contributed by atoms with van der Waals surface area (Å²) in [5.74, 6) is 0.934. The fourth-order valence-corrected chi connectivity index (χ4v) is 3.53. The summed E-state index contributed by atoms with van der Waals surface area (Å²) in [6.45, 7) is 4.59. The highest BCUT2D eigenvalue weighted by Gasteiger charge is 2.08. The van der Waals surface area contributed by atoms with Gasteiger partial charge in [-0.05, 0) is 37.1 Å². The van der Waals surface area contributed by atoms with Gasteiger partial charge in [-0.15, -0.1) is 0 Å². The number of rotatable bonds is 7. The molecule has 0 bridgehead atoms. The van der Waals surface area contributed by atoms with E-state index in [1.807, 2.05) is 32.0 Å². The first-order valence-electron chi connectivity index (χ1n) is 7.81. The molecule has 0 fully saturated rings. The van der Waals surface area contributed by atoms with E-state index in [1.165, 1.54) is 6.07 Å². The van der Waals surface area contributed by atoms with Crippen molar-refractivity contribution >= 4 is 29.3 Å². The number of hydrogen-bond donors (Lipinski definition) is 1. The first kappa shape index (κ1) is 18.8. The minimum absolute atomic E-state index is 0.00761. The van der Waals surface area contributed by atoms with Gasteiger partial charge in [0.05, 0.1) is 6.42 Å². The monoisotopic (exact) mass is 365 g/mol. The van der Waals surface area contributed by atoms with Crippen LogP contribution in [0.5, 0.6) is 0 Å². The Kier molecular flexibility index (Phi) is 7.13. The average molecular weight is 366 g/mol. The van der Waals surface area contributed by atoms with Gasteiger partial charge in [-0.25, -0.2) is 4.39 Å². The lowest BCUT2D eigenvalue weighted by molar-refractivity contribution is -0.120. The highest BCUT2D eigenvalue weighted by atomic mass is 35.5. The van der Waals surface area contributed by atoms with E-state index in [9.17, 15) is 9.18 Å². The van der Waals surface area contributed by atoms with Crippen molar-refractivity contribution in [3.63, 3.8) is 0 Å². The van der Waals surface area contributed by atoms with Gasteiger partial charge >= 0.3 is 0 Å². The highest BCUT2D eigenvalue weighted by Crippen LogP contribution is 2.23. The molecule has 0 aromatic heterocycles. The number of amides is 1. The molecule has 2 rings (SSSR count). The van der Waals surface area contributed by atoms with E-state index in [0.29, 0.717) is 35.1 Å². The van der Waals surface area contributed by atoms with Crippen LogP contribution in [0.3, 0.4) is 0 Å². The number of halogens is 2. The van der Waals surface area contributed by atoms with E-state index >= 15 is 0 Å². The molecule has 0 saturated carbocycles. The Morgan fingerprint density at radius 1 is 1.25 bits per heavy atom. The lowest BCUT2D eigenvalue weighted by Crippen LogP contribution is -2.27. The predicted octanol–water partition coefficient (Wildman–Crippen LogP) is 4.69. The number of hydrogen-bond acceptors (Lipinski definition) is 2. The molecule has 0 heterocycles. The van der Waals surface area contributed by atoms with E-state index in [0.717, 1.165) is 16.7 Å². The average Bonchev–Trinajstić information content (AvgIpc) is 2.53. The highest BCUT2D eigenvalue weighted by molar-refractivity contribution is 7.98. The maximum atomic E-state index is 13.6. The first-order chi connectivity index (χ1) is 11.5. The molecule has 5 heteroatoms. The van der Waals surface area contributed by atoms with Crippen molar-refractivity contribution < 1.29 is 9.18 Å². The van der Waals surface area contributed by atoms with Crippen molar-refractivity contribution in [1.82, 2.24) is 5.32 Å². The SMILES string of the molecule is Cc1ccc(C)c(CC(=O)NCCSCc2c(F)cccc2Cl)c1. The van der Waals surface area contributed by atoms with Gasteiger partial charge < -0.3 is 5.32 Å². The lowest BCUT2D eigenvalue weighted by Gasteiger charge is -2.09. The van der Waals surface area contributed by atoms with E-state index in [-0.39, 0.29) is 11.7 Å². The molecular weight excluding hydrogens is 345 g/mol. The Labute approximate surface area is 151 Å². The molecule has 0 saturated heterocycles. The largest absolute Gasteiger partial charge is 0.355 e. The van der Waals surface area contributed by atoms with Crippen LogP contribution in [0, 0.1) is 19.7 Å². The van der Waals surface area contributed by atoms with E-state index < -0.39 is 0 Å². The zero-order valence-electron chi connectivity index (χ0n) is 13.9. The third-order valence-electron chi connectivity index (χ3n) is 3.73. The van der Waals surface area contributed by atoms with Gasteiger partial charge in [-0.3, -0.25) is 4.79 Å². The molecule has 0 aliphatic rings. The minimum atomic E-state index is -0.283. The summed E-state index contributed by atoms with van der Waals surface area (Å²) < 4.78 is 13.6. The van der Waals surface area contributed by atoms with Crippen LogP contribution < -0.4 is 5.32 Å². The second-order valence-corrected chi connectivity index (χ2v) is 7.22. The van der Waals surface area contributed by atoms with Gasteiger partial charge in [0.1, 0.15) is 5.82 Å². The molecule has 0 aliphatic heterocycles. The summed E-state index contributed by atoms with van der Waals surface area (Å²) >= 11 is 7.54. The number of thioether (sulfide) groups is 1. The minimum Gasteiger partial charge on any atom is -0.355 e. The van der Waals surface area contributed by atoms with Crippen molar-refractivity contribution in [1.29, 1.82) is 0 Å². The smallest absolute Gasteiger partial charge is 0.224 e. The molecule has 2 aromatic rings. The Morgan fingerprint density at radius 3 is 2.79 bits per heavy atom. The molecule has 0 atom stereocenters. The third-order valence-corrected chi connectivity index (χ3v) is 5.07. The molecule has 0 unspecified atom stereocenters. The predicted molar refractivity (Wildman–Crippen MR) is 100 cm³/mol. The molecule has 0 aliphatic carbocycles. The second kappa shape index (κ2) is 9.09. The quantitative estimate of drug-likeness (QED) is 0.721. The standard InChI is InChI=1S/C19H21ClFNOS/c1-13-6-7-14(2)15(10-13)11-19(23)22-8-9-24-12-16-17(20)4-3-5-18(16)21/h3-7,10H,8-9,11-12H2,1-2H3,(H,22,23). The summed E-state index contributed by atoms with van der Waals surface area (Å²) in [5, 5.41) is 3.35. The number of benzene rings is 2. The molecule has 1 N–H and O–H groups in total. The van der Waals surface area contributed by atoms with E-state index in [2.05, 4.69) is 5.32 Å². The Morgan fingerprint density at radius 2 is 2.04 bits per heavy atom. The van der Waals surface area contributed by atoms with Crippen LogP contribution in [0.25, 0.3) is 0 Å². The van der Waals surface area contributed by atoms with Gasteiger partial charge in [0.25, 0.3) is 0 Å². The Hall–Kier alpha value is -1.52. The molecule has 2 nitrogen and oxygen atoms in total. The summed E-state index contributed by atoms with van der Waals surface area (Å²) in [6.07, 6.45) is 0.386. The molecule has 128 valence electrons. The summed E-state index contributed by atoms with van der Waals surface area (Å²) in [4.78, 5) is 12.0. The first-order valence-corrected chi connectivity index (χ1v) is 9.34. The number of carbonyl (C=O) groups is 1. The van der Waals surface area contributed by atoms with Crippen LogP contribution in [0.4, 0.5) is 4.39 Å². The van der Waals surface area contributed by atoms with E-state index in [1.54, 1.807) is 23.9 Å². The van der Waals surface area contributed by atoms with E-state index in [4.69, 9.17) is 11.6 Å². The van der Waals surface area contributed by atoms with Crippen LogP contribution in [-0.4, -0.2) is 18.2 Å². The Bertz CT molecular complexity index is 700. The topological polar surface area (TPSA) is 29.1 Å². The fourth-order valence-electron chi connectivity index (χ4n) is 2.33. The van der Waals surface area contributed by atoms with Crippen molar-refractivity contribution in [2.75, 3.05) is 12.3 Å². The van der Waals surface area contributed by atoms with Gasteiger partial charge in [0.2, 0.25) is 5.91 Å². The van der Waals surface area contributed by atoms with Crippen LogP contribution in [-0.2, 0) is 17.0 Å². The molecule has 0 radical (unpaired) electrons. The zero-order chi connectivity index (χ0) is 17.5. The number of nitrogens with one attached hydrogen (secondary N) is 1. The molecule has 1 amide bonds. The summed E-state index contributed by atoms with van der Waals surface area (Å²) in [6, 6.07) is 10.8. The van der Waals surface area contributed by atoms with Gasteiger partial charge in [0, 0.05) is 28.6 Å². The van der Waals surface area contributed by atoms with Gasteiger partial charge in [-0.2, -0.15) is 11.8 Å². The normalized spacial score (nSPS) is 10.7. The third kappa shape index (κ3) is 5.53.